The van der Waals surface area contributed by atoms with Crippen LogP contribution in [0.1, 0.15) is 30.0 Å². The van der Waals surface area contributed by atoms with Crippen molar-refractivity contribution in [2.24, 2.45) is 0 Å². The predicted molar refractivity (Wildman–Crippen MR) is 107 cm³/mol. The van der Waals surface area contributed by atoms with E-state index in [0.29, 0.717) is 36.6 Å². The molecule has 2 heterocycles. The first-order valence-corrected chi connectivity index (χ1v) is 9.77. The summed E-state index contributed by atoms with van der Waals surface area (Å²) in [5.74, 6) is 0.702. The highest BCUT2D eigenvalue weighted by molar-refractivity contribution is 7.09. The van der Waals surface area contributed by atoms with Crippen molar-refractivity contribution in [1.29, 1.82) is 0 Å². The molecule has 0 spiro atoms. The molecule has 2 aromatic rings. The molecule has 0 bridgehead atoms. The summed E-state index contributed by atoms with van der Waals surface area (Å²) < 4.78 is 5.41. The lowest BCUT2D eigenvalue weighted by Gasteiger charge is -2.28. The van der Waals surface area contributed by atoms with Crippen molar-refractivity contribution < 1.29 is 14.3 Å². The first-order chi connectivity index (χ1) is 13.0. The van der Waals surface area contributed by atoms with E-state index in [1.165, 1.54) is 0 Å². The molecule has 0 saturated carbocycles. The number of benzene rings is 1. The average Bonchev–Trinajstić information content (AvgIpc) is 3.06. The number of nitrogens with zero attached hydrogens (tertiary/aromatic N) is 3. The zero-order valence-electron chi connectivity index (χ0n) is 15.8. The molecule has 1 N–H and O–H groups in total. The first kappa shape index (κ1) is 19.2. The monoisotopic (exact) mass is 388 g/mol. The maximum absolute atomic E-state index is 12.5. The number of hydrogen-bond acceptors (Lipinski definition) is 5. The van der Waals surface area contributed by atoms with Crippen LogP contribution in [0.25, 0.3) is 0 Å². The van der Waals surface area contributed by atoms with E-state index in [-0.39, 0.29) is 11.9 Å². The average molecular weight is 388 g/mol. The van der Waals surface area contributed by atoms with Crippen molar-refractivity contribution >= 4 is 34.6 Å². The van der Waals surface area contributed by atoms with Crippen molar-refractivity contribution in [2.45, 2.75) is 32.7 Å². The third-order valence-corrected chi connectivity index (χ3v) is 5.28. The van der Waals surface area contributed by atoms with Crippen LogP contribution in [0.15, 0.2) is 23.6 Å². The van der Waals surface area contributed by atoms with E-state index in [4.69, 9.17) is 4.74 Å². The molecule has 1 aliphatic rings. The molecule has 1 aromatic carbocycles. The Bertz CT molecular complexity index is 836. The Labute approximate surface area is 162 Å². The Hall–Kier alpha value is -2.61. The molecule has 0 unspecified atom stereocenters. The summed E-state index contributed by atoms with van der Waals surface area (Å²) in [6, 6.07) is 5.11. The number of ether oxygens (including phenoxy) is 1. The Morgan fingerprint density at radius 3 is 2.89 bits per heavy atom. The van der Waals surface area contributed by atoms with Gasteiger partial charge in [0.15, 0.2) is 0 Å². The Kier molecular flexibility index (Phi) is 5.95. The minimum Gasteiger partial charge on any atom is -0.495 e. The van der Waals surface area contributed by atoms with E-state index in [1.54, 1.807) is 53.5 Å². The van der Waals surface area contributed by atoms with Crippen molar-refractivity contribution in [3.8, 4) is 5.75 Å². The van der Waals surface area contributed by atoms with E-state index < -0.39 is 0 Å². The smallest absolute Gasteiger partial charge is 0.321 e. The van der Waals surface area contributed by atoms with Crippen molar-refractivity contribution in [3.05, 3.63) is 34.3 Å². The number of methoxy groups -OCH3 is 1. The van der Waals surface area contributed by atoms with E-state index >= 15 is 0 Å². The number of aryl methyl sites for hydroxylation is 1. The molecule has 1 aromatic heterocycles. The van der Waals surface area contributed by atoms with E-state index in [2.05, 4.69) is 10.3 Å². The molecule has 0 aliphatic carbocycles. The summed E-state index contributed by atoms with van der Waals surface area (Å²) in [7, 11) is 3.30. The highest BCUT2D eigenvalue weighted by Crippen LogP contribution is 2.33. The van der Waals surface area contributed by atoms with Crippen LogP contribution >= 0.6 is 11.3 Å². The van der Waals surface area contributed by atoms with Crippen LogP contribution in [-0.2, 0) is 11.3 Å². The third kappa shape index (κ3) is 4.57. The van der Waals surface area contributed by atoms with Gasteiger partial charge < -0.3 is 19.9 Å². The first-order valence-electron chi connectivity index (χ1n) is 8.89. The molecule has 0 atom stereocenters. The fourth-order valence-electron chi connectivity index (χ4n) is 3.05. The fourth-order valence-corrected chi connectivity index (χ4v) is 3.66. The van der Waals surface area contributed by atoms with Gasteiger partial charge in [-0.3, -0.25) is 4.79 Å². The Balaban J connectivity index is 1.73. The molecular weight excluding hydrogens is 364 g/mol. The molecule has 7 nitrogen and oxygen atoms in total. The van der Waals surface area contributed by atoms with Crippen LogP contribution in [-0.4, -0.2) is 42.5 Å². The maximum atomic E-state index is 12.5. The number of hydrogen-bond donors (Lipinski definition) is 1. The molecule has 1 aliphatic heterocycles. The maximum Gasteiger partial charge on any atom is 0.321 e. The molecule has 3 rings (SSSR count). The topological polar surface area (TPSA) is 74.8 Å². The van der Waals surface area contributed by atoms with Crippen molar-refractivity contribution in [3.63, 3.8) is 0 Å². The second-order valence-electron chi connectivity index (χ2n) is 6.53. The molecule has 1 fully saturated rings. The summed E-state index contributed by atoms with van der Waals surface area (Å²) in [5, 5.41) is 5.81. The number of carbonyl (C=O) groups excluding carboxylic acids is 2. The predicted octanol–water partition coefficient (Wildman–Crippen LogP) is 3.64. The van der Waals surface area contributed by atoms with Gasteiger partial charge in [0.1, 0.15) is 5.75 Å². The van der Waals surface area contributed by atoms with Crippen LogP contribution in [0.4, 0.5) is 16.2 Å². The third-order valence-electron chi connectivity index (χ3n) is 4.46. The second kappa shape index (κ2) is 8.39. The van der Waals surface area contributed by atoms with Gasteiger partial charge >= 0.3 is 6.03 Å². The number of urea groups is 1. The molecular formula is C19H24N4O3S. The van der Waals surface area contributed by atoms with Crippen molar-refractivity contribution in [2.75, 3.05) is 30.9 Å². The summed E-state index contributed by atoms with van der Waals surface area (Å²) in [4.78, 5) is 32.5. The Morgan fingerprint density at radius 1 is 1.41 bits per heavy atom. The number of thiazole rings is 1. The summed E-state index contributed by atoms with van der Waals surface area (Å²) in [6.07, 6.45) is 2.41. The molecule has 144 valence electrons. The number of piperidine rings is 1. The summed E-state index contributed by atoms with van der Waals surface area (Å²) in [5.41, 5.74) is 2.18. The van der Waals surface area contributed by atoms with E-state index in [1.807, 2.05) is 12.3 Å². The zero-order chi connectivity index (χ0) is 19.4. The van der Waals surface area contributed by atoms with Gasteiger partial charge in [-0.25, -0.2) is 9.78 Å². The molecule has 8 heteroatoms. The minimum absolute atomic E-state index is 0.0825. The minimum atomic E-state index is -0.234. The SMILES string of the molecule is COc1ccc(NC(=O)N(C)Cc2csc(C)n2)cc1N1CCCCC1=O. The van der Waals surface area contributed by atoms with Crippen LogP contribution < -0.4 is 15.0 Å². The van der Waals surface area contributed by atoms with Gasteiger partial charge in [-0.2, -0.15) is 0 Å². The van der Waals surface area contributed by atoms with Crippen LogP contribution in [0.3, 0.4) is 0 Å². The number of anilines is 2. The lowest BCUT2D eigenvalue weighted by molar-refractivity contribution is -0.119. The normalized spacial score (nSPS) is 14.2. The lowest BCUT2D eigenvalue weighted by atomic mass is 10.1. The van der Waals surface area contributed by atoms with E-state index in [9.17, 15) is 9.59 Å². The van der Waals surface area contributed by atoms with Crippen LogP contribution in [0.5, 0.6) is 5.75 Å². The second-order valence-corrected chi connectivity index (χ2v) is 7.60. The fraction of sp³-hybridized carbons (Fsp3) is 0.421. The number of amides is 3. The van der Waals surface area contributed by atoms with Crippen LogP contribution in [0.2, 0.25) is 0 Å². The highest BCUT2D eigenvalue weighted by Gasteiger charge is 2.23. The Morgan fingerprint density at radius 2 is 2.22 bits per heavy atom. The number of aromatic nitrogens is 1. The largest absolute Gasteiger partial charge is 0.495 e. The van der Waals surface area contributed by atoms with Gasteiger partial charge in [-0.05, 0) is 38.0 Å². The summed E-state index contributed by atoms with van der Waals surface area (Å²) in [6.45, 7) is 3.04. The van der Waals surface area contributed by atoms with Gasteiger partial charge in [-0.1, -0.05) is 0 Å². The standard InChI is InChI=1S/C19H24N4O3S/c1-13-20-15(12-27-13)11-22(2)19(25)21-14-7-8-17(26-3)16(10-14)23-9-5-4-6-18(23)24/h7-8,10,12H,4-6,9,11H2,1-3H3,(H,21,25). The number of rotatable bonds is 5. The number of nitrogens with one attached hydrogen (secondary N) is 1. The van der Waals surface area contributed by atoms with Gasteiger partial charge in [0.2, 0.25) is 5.91 Å². The van der Waals surface area contributed by atoms with Gasteiger partial charge in [-0.15, -0.1) is 11.3 Å². The molecule has 3 amide bonds. The van der Waals surface area contributed by atoms with Crippen LogP contribution in [0, 0.1) is 6.92 Å². The van der Waals surface area contributed by atoms with E-state index in [0.717, 1.165) is 23.5 Å². The highest BCUT2D eigenvalue weighted by atomic mass is 32.1. The van der Waals surface area contributed by atoms with Gasteiger partial charge in [0.25, 0.3) is 0 Å². The molecule has 1 saturated heterocycles. The molecule has 27 heavy (non-hydrogen) atoms. The molecule has 0 radical (unpaired) electrons. The number of carbonyl (C=O) groups is 2. The zero-order valence-corrected chi connectivity index (χ0v) is 16.6. The van der Waals surface area contributed by atoms with Crippen molar-refractivity contribution in [1.82, 2.24) is 9.88 Å². The quantitative estimate of drug-likeness (QED) is 0.849. The van der Waals surface area contributed by atoms with Gasteiger partial charge in [0.05, 0.1) is 30.0 Å². The summed E-state index contributed by atoms with van der Waals surface area (Å²) >= 11 is 1.56. The van der Waals surface area contributed by atoms with Gasteiger partial charge in [0, 0.05) is 31.1 Å². The lowest BCUT2D eigenvalue weighted by Crippen LogP contribution is -2.35.